The van der Waals surface area contributed by atoms with E-state index in [2.05, 4.69) is 10.3 Å². The molecular weight excluding hydrogens is 409 g/mol. The van der Waals surface area contributed by atoms with Crippen LogP contribution in [0.2, 0.25) is 0 Å². The van der Waals surface area contributed by atoms with Gasteiger partial charge >= 0.3 is 0 Å². The molecule has 2 unspecified atom stereocenters. The van der Waals surface area contributed by atoms with Crippen molar-refractivity contribution in [2.75, 3.05) is 13.1 Å². The third-order valence-electron chi connectivity index (χ3n) is 5.50. The van der Waals surface area contributed by atoms with Gasteiger partial charge in [0, 0.05) is 31.9 Å². The zero-order valence-electron chi connectivity index (χ0n) is 17.7. The minimum absolute atomic E-state index is 0.0121. The van der Waals surface area contributed by atoms with Gasteiger partial charge in [-0.25, -0.2) is 4.39 Å². The summed E-state index contributed by atoms with van der Waals surface area (Å²) in [7, 11) is 0. The highest BCUT2D eigenvalue weighted by Crippen LogP contribution is 2.22. The van der Waals surface area contributed by atoms with Gasteiger partial charge in [0.15, 0.2) is 17.7 Å². The minimum Gasteiger partial charge on any atom is -0.478 e. The molecule has 0 radical (unpaired) electrons. The minimum atomic E-state index is -0.922. The van der Waals surface area contributed by atoms with E-state index in [1.54, 1.807) is 31.5 Å². The monoisotopic (exact) mass is 433 g/mol. The van der Waals surface area contributed by atoms with Crippen LogP contribution in [0, 0.1) is 5.82 Å². The number of piperazine rings is 1. The van der Waals surface area contributed by atoms with Crippen LogP contribution >= 0.6 is 0 Å². The van der Waals surface area contributed by atoms with Crippen LogP contribution in [0.5, 0.6) is 5.75 Å². The summed E-state index contributed by atoms with van der Waals surface area (Å²) >= 11 is 0. The van der Waals surface area contributed by atoms with Crippen LogP contribution in [0.15, 0.2) is 73.1 Å². The molecule has 2 amide bonds. The Hall–Kier alpha value is -3.74. The Balaban J connectivity index is 1.48. The maximum absolute atomic E-state index is 13.9. The fraction of sp³-hybridized carbons (Fsp3) is 0.240. The highest BCUT2D eigenvalue weighted by atomic mass is 19.1. The molecule has 3 aromatic rings. The first kappa shape index (κ1) is 21.5. The van der Waals surface area contributed by atoms with Gasteiger partial charge in [-0.15, -0.1) is 0 Å². The summed E-state index contributed by atoms with van der Waals surface area (Å²) in [5, 5.41) is 2.83. The number of amides is 2. The Kier molecular flexibility index (Phi) is 6.44. The van der Waals surface area contributed by atoms with Gasteiger partial charge in [-0.3, -0.25) is 14.6 Å². The van der Waals surface area contributed by atoms with Crippen molar-refractivity contribution in [2.24, 2.45) is 0 Å². The van der Waals surface area contributed by atoms with Gasteiger partial charge in [0.25, 0.3) is 5.91 Å². The number of para-hydroxylation sites is 1. The summed E-state index contributed by atoms with van der Waals surface area (Å²) in [6, 6.07) is 17.0. The first-order valence-corrected chi connectivity index (χ1v) is 10.5. The second-order valence-corrected chi connectivity index (χ2v) is 7.67. The summed E-state index contributed by atoms with van der Waals surface area (Å²) in [4.78, 5) is 31.3. The molecule has 1 fully saturated rings. The van der Waals surface area contributed by atoms with Crippen molar-refractivity contribution in [2.45, 2.75) is 25.5 Å². The number of hydrogen-bond donors (Lipinski definition) is 1. The molecule has 1 aliphatic rings. The highest BCUT2D eigenvalue weighted by Gasteiger charge is 2.35. The van der Waals surface area contributed by atoms with Gasteiger partial charge in [-0.1, -0.05) is 36.4 Å². The number of hydrogen-bond acceptors (Lipinski definition) is 4. The number of rotatable bonds is 6. The number of nitrogens with zero attached hydrogens (tertiary/aromatic N) is 2. The number of aromatic nitrogens is 1. The average Bonchev–Trinajstić information content (AvgIpc) is 2.82. The van der Waals surface area contributed by atoms with Crippen molar-refractivity contribution in [1.82, 2.24) is 15.2 Å². The lowest BCUT2D eigenvalue weighted by Gasteiger charge is -2.36. The van der Waals surface area contributed by atoms with E-state index in [0.717, 1.165) is 16.7 Å². The van der Waals surface area contributed by atoms with Crippen molar-refractivity contribution in [3.8, 4) is 16.9 Å². The second-order valence-electron chi connectivity index (χ2n) is 7.67. The number of ether oxygens (including phenoxy) is 1. The number of halogens is 1. The lowest BCUT2D eigenvalue weighted by molar-refractivity contribution is -0.148. The molecule has 1 N–H and O–H groups in total. The molecule has 1 saturated heterocycles. The number of pyridine rings is 1. The first-order chi connectivity index (χ1) is 15.5. The second kappa shape index (κ2) is 9.60. The van der Waals surface area contributed by atoms with E-state index >= 15 is 0 Å². The van der Waals surface area contributed by atoms with Crippen LogP contribution in [0.3, 0.4) is 0 Å². The van der Waals surface area contributed by atoms with Crippen LogP contribution in [0.1, 0.15) is 12.5 Å². The molecule has 164 valence electrons. The molecule has 1 aliphatic heterocycles. The normalized spacial score (nSPS) is 16.9. The Morgan fingerprint density at radius 3 is 2.53 bits per heavy atom. The lowest BCUT2D eigenvalue weighted by atomic mass is 9.99. The van der Waals surface area contributed by atoms with Crippen molar-refractivity contribution < 1.29 is 18.7 Å². The third kappa shape index (κ3) is 4.77. The zero-order valence-corrected chi connectivity index (χ0v) is 17.7. The van der Waals surface area contributed by atoms with E-state index in [-0.39, 0.29) is 17.6 Å². The molecule has 7 heteroatoms. The van der Waals surface area contributed by atoms with Crippen molar-refractivity contribution in [3.05, 3.63) is 84.4 Å². The largest absolute Gasteiger partial charge is 0.478 e. The summed E-state index contributed by atoms with van der Waals surface area (Å²) in [6.45, 7) is 2.31. The molecule has 2 atom stereocenters. The molecule has 2 heterocycles. The van der Waals surface area contributed by atoms with Crippen LogP contribution in [0.4, 0.5) is 4.39 Å². The van der Waals surface area contributed by atoms with E-state index in [1.807, 2.05) is 36.4 Å². The van der Waals surface area contributed by atoms with E-state index in [1.165, 1.54) is 17.0 Å². The maximum atomic E-state index is 13.9. The predicted molar refractivity (Wildman–Crippen MR) is 118 cm³/mol. The van der Waals surface area contributed by atoms with Crippen LogP contribution in [0.25, 0.3) is 11.1 Å². The van der Waals surface area contributed by atoms with E-state index in [9.17, 15) is 14.0 Å². The molecule has 32 heavy (non-hydrogen) atoms. The molecule has 4 rings (SSSR count). The average molecular weight is 433 g/mol. The van der Waals surface area contributed by atoms with Gasteiger partial charge in [-0.05, 0) is 47.9 Å². The zero-order chi connectivity index (χ0) is 22.5. The van der Waals surface area contributed by atoms with Crippen molar-refractivity contribution in [1.29, 1.82) is 0 Å². The lowest BCUT2D eigenvalue weighted by Crippen LogP contribution is -2.60. The highest BCUT2D eigenvalue weighted by molar-refractivity contribution is 5.90. The third-order valence-corrected chi connectivity index (χ3v) is 5.50. The van der Waals surface area contributed by atoms with E-state index in [4.69, 9.17) is 4.74 Å². The molecule has 6 nitrogen and oxygen atoms in total. The van der Waals surface area contributed by atoms with E-state index in [0.29, 0.717) is 19.5 Å². The number of nitrogens with one attached hydrogen (secondary N) is 1. The van der Waals surface area contributed by atoms with E-state index < -0.39 is 18.0 Å². The summed E-state index contributed by atoms with van der Waals surface area (Å²) in [5.41, 5.74) is 3.03. The summed E-state index contributed by atoms with van der Waals surface area (Å²) in [5.74, 6) is -1.07. The fourth-order valence-corrected chi connectivity index (χ4v) is 3.80. The smallest absolute Gasteiger partial charge is 0.264 e. The Bertz CT molecular complexity index is 1090. The van der Waals surface area contributed by atoms with Gasteiger partial charge in [0.05, 0.1) is 0 Å². The number of carbonyl (C=O) groups is 2. The molecule has 0 spiro atoms. The number of benzene rings is 2. The first-order valence-electron chi connectivity index (χ1n) is 10.5. The molecule has 2 aromatic carbocycles. The van der Waals surface area contributed by atoms with Gasteiger partial charge in [0.2, 0.25) is 5.91 Å². The Morgan fingerprint density at radius 1 is 1.12 bits per heavy atom. The van der Waals surface area contributed by atoms with Gasteiger partial charge < -0.3 is 15.0 Å². The predicted octanol–water partition coefficient (Wildman–Crippen LogP) is 3.22. The quantitative estimate of drug-likeness (QED) is 0.648. The van der Waals surface area contributed by atoms with Gasteiger partial charge in [-0.2, -0.15) is 0 Å². The Labute approximate surface area is 186 Å². The van der Waals surface area contributed by atoms with Crippen LogP contribution < -0.4 is 10.1 Å². The Morgan fingerprint density at radius 2 is 1.81 bits per heavy atom. The van der Waals surface area contributed by atoms with Crippen LogP contribution in [-0.2, 0) is 16.0 Å². The van der Waals surface area contributed by atoms with Gasteiger partial charge in [0.1, 0.15) is 6.04 Å². The SMILES string of the molecule is CC(Oc1ccccc1F)C(=O)N1CCNC(=O)C1Cc1ccc(-c2ccncc2)cc1. The topological polar surface area (TPSA) is 71.5 Å². The van der Waals surface area contributed by atoms with Crippen molar-refractivity contribution in [3.63, 3.8) is 0 Å². The standard InChI is InChI=1S/C25H24FN3O3/c1-17(32-23-5-3-2-4-21(23)26)25(31)29-15-14-28-24(30)22(29)16-18-6-8-19(9-7-18)20-10-12-27-13-11-20/h2-13,17,22H,14-16H2,1H3,(H,28,30). The molecule has 0 bridgehead atoms. The summed E-state index contributed by atoms with van der Waals surface area (Å²) in [6.07, 6.45) is 2.93. The van der Waals surface area contributed by atoms with Crippen LogP contribution in [-0.4, -0.2) is 46.9 Å². The van der Waals surface area contributed by atoms with Crippen molar-refractivity contribution >= 4 is 11.8 Å². The molecule has 1 aromatic heterocycles. The maximum Gasteiger partial charge on any atom is 0.264 e. The molecular formula is C25H24FN3O3. The summed E-state index contributed by atoms with van der Waals surface area (Å²) < 4.78 is 19.5. The number of carbonyl (C=O) groups excluding carboxylic acids is 2. The molecule has 0 saturated carbocycles. The molecule has 0 aliphatic carbocycles. The fourth-order valence-electron chi connectivity index (χ4n) is 3.80.